The normalized spacial score (nSPS) is 18.4. The average Bonchev–Trinajstić information content (AvgIpc) is 2.85. The molecule has 2 aromatic rings. The molecule has 0 aromatic heterocycles. The van der Waals surface area contributed by atoms with Gasteiger partial charge in [0.25, 0.3) is 0 Å². The molecule has 2 aromatic carbocycles. The van der Waals surface area contributed by atoms with Crippen LogP contribution in [0, 0.1) is 0 Å². The molecule has 0 saturated heterocycles. The lowest BCUT2D eigenvalue weighted by Gasteiger charge is -2.19. The van der Waals surface area contributed by atoms with E-state index in [-0.39, 0.29) is 0 Å². The van der Waals surface area contributed by atoms with Gasteiger partial charge in [0.05, 0.1) is 6.04 Å². The lowest BCUT2D eigenvalue weighted by molar-refractivity contribution is 0.299. The summed E-state index contributed by atoms with van der Waals surface area (Å²) in [4.78, 5) is 0. The van der Waals surface area contributed by atoms with Crippen LogP contribution in [0.25, 0.3) is 0 Å². The molecule has 3 rings (SSSR count). The number of hydrogen-bond acceptors (Lipinski definition) is 2. The summed E-state index contributed by atoms with van der Waals surface area (Å²) in [5.41, 5.74) is 2.62. The number of para-hydroxylation sites is 1. The zero-order valence-corrected chi connectivity index (χ0v) is 13.1. The van der Waals surface area contributed by atoms with Crippen LogP contribution in [0.2, 0.25) is 0 Å². The van der Waals surface area contributed by atoms with Gasteiger partial charge in [0, 0.05) is 16.1 Å². The highest BCUT2D eigenvalue weighted by Gasteiger charge is 2.24. The first-order chi connectivity index (χ1) is 9.72. The molecule has 2 unspecified atom stereocenters. The van der Waals surface area contributed by atoms with Crippen LogP contribution in [0.3, 0.4) is 0 Å². The second-order valence-electron chi connectivity index (χ2n) is 5.30. The largest absolute Gasteiger partial charge is 0.491 e. The van der Waals surface area contributed by atoms with Crippen molar-refractivity contribution in [2.24, 2.45) is 0 Å². The van der Waals surface area contributed by atoms with Crippen molar-refractivity contribution in [2.45, 2.75) is 25.4 Å². The summed E-state index contributed by atoms with van der Waals surface area (Å²) in [6.07, 6.45) is 1.02. The third-order valence-corrected chi connectivity index (χ3v) is 4.17. The Labute approximate surface area is 128 Å². The van der Waals surface area contributed by atoms with Crippen LogP contribution >= 0.6 is 15.9 Å². The van der Waals surface area contributed by atoms with Crippen molar-refractivity contribution in [3.63, 3.8) is 0 Å². The van der Waals surface area contributed by atoms with Crippen LogP contribution in [0.5, 0.6) is 5.75 Å². The molecule has 0 aliphatic carbocycles. The van der Waals surface area contributed by atoms with Crippen LogP contribution in [0.4, 0.5) is 0 Å². The number of halogens is 1. The fourth-order valence-corrected chi connectivity index (χ4v) is 2.94. The molecule has 0 saturated carbocycles. The summed E-state index contributed by atoms with van der Waals surface area (Å²) in [5.74, 6) is 1.01. The first-order valence-electron chi connectivity index (χ1n) is 6.94. The third-order valence-electron chi connectivity index (χ3n) is 3.64. The molecule has 2 atom stereocenters. The summed E-state index contributed by atoms with van der Waals surface area (Å²) < 4.78 is 6.83. The van der Waals surface area contributed by atoms with Crippen molar-refractivity contribution in [1.82, 2.24) is 5.32 Å². The van der Waals surface area contributed by atoms with E-state index in [2.05, 4.69) is 64.6 Å². The van der Waals surface area contributed by atoms with E-state index < -0.39 is 0 Å². The second-order valence-corrected chi connectivity index (χ2v) is 6.22. The van der Waals surface area contributed by atoms with Crippen molar-refractivity contribution in [2.75, 3.05) is 6.61 Å². The minimum Gasteiger partial charge on any atom is -0.491 e. The van der Waals surface area contributed by atoms with Gasteiger partial charge in [-0.1, -0.05) is 46.3 Å². The maximum absolute atomic E-state index is 5.71. The minimum absolute atomic E-state index is 0.302. The van der Waals surface area contributed by atoms with Crippen LogP contribution < -0.4 is 10.1 Å². The molecule has 0 spiro atoms. The van der Waals surface area contributed by atoms with E-state index in [0.717, 1.165) is 23.2 Å². The maximum atomic E-state index is 5.71. The molecule has 0 bridgehead atoms. The van der Waals surface area contributed by atoms with Gasteiger partial charge in [0.2, 0.25) is 0 Å². The third kappa shape index (κ3) is 3.05. The van der Waals surface area contributed by atoms with Crippen LogP contribution in [0.1, 0.15) is 24.1 Å². The zero-order valence-electron chi connectivity index (χ0n) is 11.5. The summed E-state index contributed by atoms with van der Waals surface area (Å²) in [5, 5.41) is 3.66. The molecule has 1 aliphatic rings. The summed E-state index contributed by atoms with van der Waals surface area (Å²) in [6, 6.07) is 17.5. The van der Waals surface area contributed by atoms with Crippen molar-refractivity contribution < 1.29 is 4.74 Å². The van der Waals surface area contributed by atoms with Gasteiger partial charge in [-0.15, -0.1) is 0 Å². The van der Waals surface area contributed by atoms with Crippen LogP contribution in [-0.2, 0) is 6.42 Å². The fraction of sp³-hybridized carbons (Fsp3) is 0.294. The molecule has 1 heterocycles. The van der Waals surface area contributed by atoms with Gasteiger partial charge in [0.1, 0.15) is 12.4 Å². The molecule has 0 radical (unpaired) electrons. The van der Waals surface area contributed by atoms with E-state index >= 15 is 0 Å². The van der Waals surface area contributed by atoms with Crippen molar-refractivity contribution in [3.05, 3.63) is 64.1 Å². The molecule has 104 valence electrons. The molecule has 0 fully saturated rings. The Morgan fingerprint density at radius 2 is 1.95 bits per heavy atom. The zero-order chi connectivity index (χ0) is 13.9. The monoisotopic (exact) mass is 331 g/mol. The van der Waals surface area contributed by atoms with Crippen LogP contribution in [0.15, 0.2) is 53.0 Å². The first kappa shape index (κ1) is 13.7. The van der Waals surface area contributed by atoms with Gasteiger partial charge in [-0.3, -0.25) is 0 Å². The predicted octanol–water partition coefficient (Wildman–Crippen LogP) is 4.10. The Bertz CT molecular complexity index is 582. The Balaban J connectivity index is 1.62. The molecule has 1 N–H and O–H groups in total. The highest BCUT2D eigenvalue weighted by molar-refractivity contribution is 9.10. The minimum atomic E-state index is 0.302. The topological polar surface area (TPSA) is 21.3 Å². The van der Waals surface area contributed by atoms with E-state index in [4.69, 9.17) is 4.74 Å². The standard InChI is InChI=1S/C17H18BrNO/c1-12(10-13-6-8-14(18)9-7-13)19-16-11-20-17-5-3-2-4-15(16)17/h2-9,12,16,19H,10-11H2,1H3. The lowest BCUT2D eigenvalue weighted by atomic mass is 10.0. The molecular formula is C17H18BrNO. The van der Waals surface area contributed by atoms with Crippen LogP contribution in [-0.4, -0.2) is 12.6 Å². The first-order valence-corrected chi connectivity index (χ1v) is 7.74. The summed E-state index contributed by atoms with van der Waals surface area (Å²) in [7, 11) is 0. The molecule has 3 heteroatoms. The van der Waals surface area contributed by atoms with Gasteiger partial charge in [-0.05, 0) is 37.1 Å². The van der Waals surface area contributed by atoms with Gasteiger partial charge >= 0.3 is 0 Å². The Morgan fingerprint density at radius 1 is 1.20 bits per heavy atom. The highest BCUT2D eigenvalue weighted by Crippen LogP contribution is 2.32. The Kier molecular flexibility index (Phi) is 4.08. The number of hydrogen-bond donors (Lipinski definition) is 1. The van der Waals surface area contributed by atoms with Crippen molar-refractivity contribution in [3.8, 4) is 5.75 Å². The van der Waals surface area contributed by atoms with E-state index in [1.54, 1.807) is 0 Å². The van der Waals surface area contributed by atoms with E-state index in [9.17, 15) is 0 Å². The SMILES string of the molecule is CC(Cc1ccc(Br)cc1)NC1COc2ccccc21. The van der Waals surface area contributed by atoms with Crippen molar-refractivity contribution >= 4 is 15.9 Å². The molecule has 20 heavy (non-hydrogen) atoms. The van der Waals surface area contributed by atoms with E-state index in [1.165, 1.54) is 11.1 Å². The van der Waals surface area contributed by atoms with Gasteiger partial charge in [0.15, 0.2) is 0 Å². The average molecular weight is 332 g/mol. The molecule has 1 aliphatic heterocycles. The smallest absolute Gasteiger partial charge is 0.124 e. The molecule has 0 amide bonds. The fourth-order valence-electron chi connectivity index (χ4n) is 2.68. The van der Waals surface area contributed by atoms with E-state index in [0.29, 0.717) is 12.1 Å². The quantitative estimate of drug-likeness (QED) is 0.910. The second kappa shape index (κ2) is 5.98. The van der Waals surface area contributed by atoms with Gasteiger partial charge in [-0.2, -0.15) is 0 Å². The number of fused-ring (bicyclic) bond motifs is 1. The Morgan fingerprint density at radius 3 is 2.75 bits per heavy atom. The lowest BCUT2D eigenvalue weighted by Crippen LogP contribution is -2.33. The van der Waals surface area contributed by atoms with Crippen molar-refractivity contribution in [1.29, 1.82) is 0 Å². The number of rotatable bonds is 4. The van der Waals surface area contributed by atoms with Gasteiger partial charge < -0.3 is 10.1 Å². The number of nitrogens with one attached hydrogen (secondary N) is 1. The number of ether oxygens (including phenoxy) is 1. The molecular weight excluding hydrogens is 314 g/mol. The van der Waals surface area contributed by atoms with Gasteiger partial charge in [-0.25, -0.2) is 0 Å². The van der Waals surface area contributed by atoms with E-state index in [1.807, 2.05) is 12.1 Å². The highest BCUT2D eigenvalue weighted by atomic mass is 79.9. The maximum Gasteiger partial charge on any atom is 0.124 e. The molecule has 2 nitrogen and oxygen atoms in total. The summed E-state index contributed by atoms with van der Waals surface area (Å²) >= 11 is 3.47. The number of benzene rings is 2. The summed E-state index contributed by atoms with van der Waals surface area (Å²) in [6.45, 7) is 2.95. The predicted molar refractivity (Wildman–Crippen MR) is 85.1 cm³/mol. The Hall–Kier alpha value is -1.32.